The van der Waals surface area contributed by atoms with Gasteiger partial charge in [0.25, 0.3) is 5.91 Å². The molecular weight excluding hydrogens is 657 g/mol. The van der Waals surface area contributed by atoms with Crippen LogP contribution in [0.5, 0.6) is 0 Å². The summed E-state index contributed by atoms with van der Waals surface area (Å²) in [6.45, 7) is 4.07. The molecule has 1 aromatic heterocycles. The van der Waals surface area contributed by atoms with Gasteiger partial charge in [0, 0.05) is 35.9 Å². The fourth-order valence-corrected chi connectivity index (χ4v) is 9.11. The average Bonchev–Trinajstić information content (AvgIpc) is 3.36. The molecule has 5 heterocycles. The van der Waals surface area contributed by atoms with Crippen molar-refractivity contribution >= 4 is 52.6 Å². The highest BCUT2D eigenvalue weighted by molar-refractivity contribution is 7.52. The molecule has 0 spiro atoms. The van der Waals surface area contributed by atoms with Crippen LogP contribution in [0.15, 0.2) is 24.3 Å². The molecule has 2 aromatic rings. The van der Waals surface area contributed by atoms with E-state index in [-0.39, 0.29) is 51.9 Å². The molecule has 4 aliphatic heterocycles. The van der Waals surface area contributed by atoms with Gasteiger partial charge in [-0.2, -0.15) is 8.78 Å². The summed E-state index contributed by atoms with van der Waals surface area (Å²) in [5.41, 5.74) is -5.24. The van der Waals surface area contributed by atoms with E-state index >= 15 is 0 Å². The molecule has 0 radical (unpaired) electrons. The Kier molecular flexibility index (Phi) is 8.22. The lowest BCUT2D eigenvalue weighted by atomic mass is 9.95. The third kappa shape index (κ3) is 5.88. The van der Waals surface area contributed by atoms with Crippen molar-refractivity contribution < 1.29 is 47.0 Å². The number of nitrogens with one attached hydrogen (secondary N) is 1. The van der Waals surface area contributed by atoms with Gasteiger partial charge in [0.05, 0.1) is 30.1 Å². The molecule has 16 heteroatoms. The Bertz CT molecular complexity index is 1680. The highest BCUT2D eigenvalue weighted by Gasteiger charge is 2.53. The van der Waals surface area contributed by atoms with Crippen molar-refractivity contribution in [3.05, 3.63) is 34.7 Å². The normalized spacial score (nSPS) is 29.9. The quantitative estimate of drug-likeness (QED) is 0.390. The predicted molar refractivity (Wildman–Crippen MR) is 166 cm³/mol. The number of morpholine rings is 1. The van der Waals surface area contributed by atoms with E-state index in [2.05, 4.69) is 5.32 Å². The van der Waals surface area contributed by atoms with Crippen molar-refractivity contribution in [2.24, 2.45) is 17.8 Å². The zero-order valence-corrected chi connectivity index (χ0v) is 27.4. The number of amides is 4. The number of benzene rings is 1. The minimum Gasteiger partial charge on any atom is -0.377 e. The fraction of sp³-hybridized carbons (Fsp3) is 0.613. The molecule has 6 atom stereocenters. The summed E-state index contributed by atoms with van der Waals surface area (Å²) in [4.78, 5) is 77.9. The molecule has 1 aliphatic carbocycles. The second-order valence-electron chi connectivity index (χ2n) is 13.6. The molecule has 254 valence electrons. The van der Waals surface area contributed by atoms with Crippen LogP contribution in [0.2, 0.25) is 0 Å². The third-order valence-electron chi connectivity index (χ3n) is 10.5. The Labute approximate surface area is 273 Å². The SMILES string of the molecule is C[C@@H]1COCCN1C(=O)C1CN(C(=O)[C@@H]2CC[C@@H]3C[C@H]4C[C@H]4C[C@H](NC(=O)c4cc5cc(C(F)(F)P(=O)(O)O)ccc5s4)C(=O)N32)C1. The Morgan fingerprint density at radius 3 is 2.53 bits per heavy atom. The van der Waals surface area contributed by atoms with Gasteiger partial charge >= 0.3 is 13.3 Å². The van der Waals surface area contributed by atoms with Crippen LogP contribution in [0.3, 0.4) is 0 Å². The molecule has 3 N–H and O–H groups in total. The van der Waals surface area contributed by atoms with E-state index in [4.69, 9.17) is 14.5 Å². The summed E-state index contributed by atoms with van der Waals surface area (Å²) in [5.74, 6) is -0.624. The van der Waals surface area contributed by atoms with Gasteiger partial charge in [0.2, 0.25) is 17.7 Å². The average molecular weight is 695 g/mol. The zero-order valence-electron chi connectivity index (χ0n) is 25.7. The van der Waals surface area contributed by atoms with Crippen molar-refractivity contribution in [2.75, 3.05) is 32.8 Å². The minimum atomic E-state index is -5.76. The van der Waals surface area contributed by atoms with Gasteiger partial charge in [-0.3, -0.25) is 23.7 Å². The molecule has 47 heavy (non-hydrogen) atoms. The summed E-state index contributed by atoms with van der Waals surface area (Å²) < 4.78 is 45.9. The smallest absolute Gasteiger partial charge is 0.377 e. The maximum absolute atomic E-state index is 14.3. The summed E-state index contributed by atoms with van der Waals surface area (Å²) in [6.07, 6.45) is 3.39. The second kappa shape index (κ2) is 11.9. The maximum Gasteiger partial charge on any atom is 0.399 e. The molecular formula is C31H37F2N4O8PS. The lowest BCUT2D eigenvalue weighted by molar-refractivity contribution is -0.158. The number of nitrogens with zero attached hydrogens (tertiary/aromatic N) is 3. The number of hydrogen-bond donors (Lipinski definition) is 3. The van der Waals surface area contributed by atoms with Crippen molar-refractivity contribution in [2.45, 2.75) is 68.9 Å². The standard InChI is InChI=1S/C31H37F2N4O8PS/c1-16-15-45-7-6-36(16)28(39)20-13-35(14-20)30(41)24-4-3-22-10-17-8-18(17)11-23(29(40)37(22)24)34-27(38)26-12-19-9-21(2-5-25(19)47-26)31(32,33)46(42,43)44/h2,5,9,12,16-18,20,22-24H,3-4,6-8,10-11,13-15H2,1H3,(H,34,38)(H2,42,43,44)/t16-,17-,18+,22-,23+,24+/m1/s1. The molecule has 4 saturated heterocycles. The molecule has 0 unspecified atom stereocenters. The fourth-order valence-electron chi connectivity index (χ4n) is 7.69. The number of hydrogen-bond acceptors (Lipinski definition) is 7. The monoisotopic (exact) mass is 694 g/mol. The van der Waals surface area contributed by atoms with Crippen LogP contribution in [0.1, 0.15) is 54.3 Å². The lowest BCUT2D eigenvalue weighted by Crippen LogP contribution is -2.63. The van der Waals surface area contributed by atoms with Crippen LogP contribution >= 0.6 is 18.9 Å². The first-order valence-corrected chi connectivity index (χ1v) is 18.4. The molecule has 7 rings (SSSR count). The van der Waals surface area contributed by atoms with Crippen LogP contribution in [0.25, 0.3) is 10.1 Å². The van der Waals surface area contributed by atoms with Gasteiger partial charge in [-0.15, -0.1) is 11.3 Å². The Morgan fingerprint density at radius 1 is 1.06 bits per heavy atom. The van der Waals surface area contributed by atoms with Crippen molar-refractivity contribution in [1.29, 1.82) is 0 Å². The van der Waals surface area contributed by atoms with Crippen molar-refractivity contribution in [3.63, 3.8) is 0 Å². The zero-order chi connectivity index (χ0) is 33.4. The van der Waals surface area contributed by atoms with E-state index in [0.29, 0.717) is 62.7 Å². The summed E-state index contributed by atoms with van der Waals surface area (Å²) in [6, 6.07) is 2.86. The van der Waals surface area contributed by atoms with Gasteiger partial charge in [-0.1, -0.05) is 6.07 Å². The van der Waals surface area contributed by atoms with Crippen LogP contribution in [-0.2, 0) is 29.3 Å². The first kappa shape index (κ1) is 32.6. The summed E-state index contributed by atoms with van der Waals surface area (Å²) >= 11 is 1.02. The largest absolute Gasteiger partial charge is 0.399 e. The number of carbonyl (C=O) groups excluding carboxylic acids is 4. The number of ether oxygens (including phenoxy) is 1. The topological polar surface area (TPSA) is 157 Å². The minimum absolute atomic E-state index is 0.0174. The number of thiophene rings is 1. The molecule has 1 aromatic carbocycles. The Morgan fingerprint density at radius 2 is 1.81 bits per heavy atom. The molecule has 1 saturated carbocycles. The Balaban J connectivity index is 1.05. The van der Waals surface area contributed by atoms with Crippen LogP contribution in [-0.4, -0.2) is 105 Å². The second-order valence-corrected chi connectivity index (χ2v) is 16.3. The van der Waals surface area contributed by atoms with Gasteiger partial charge in [-0.25, -0.2) is 0 Å². The van der Waals surface area contributed by atoms with Gasteiger partial charge in [0.1, 0.15) is 12.1 Å². The van der Waals surface area contributed by atoms with E-state index in [0.717, 1.165) is 36.3 Å². The third-order valence-corrected chi connectivity index (χ3v) is 12.6. The van der Waals surface area contributed by atoms with Gasteiger partial charge < -0.3 is 34.5 Å². The number of fused-ring (bicyclic) bond motifs is 3. The first-order chi connectivity index (χ1) is 22.2. The van der Waals surface area contributed by atoms with Crippen LogP contribution in [0.4, 0.5) is 8.78 Å². The van der Waals surface area contributed by atoms with E-state index < -0.39 is 36.8 Å². The molecule has 12 nitrogen and oxygen atoms in total. The lowest BCUT2D eigenvalue weighted by Gasteiger charge is -2.45. The number of alkyl halides is 2. The van der Waals surface area contributed by atoms with E-state index in [9.17, 15) is 32.5 Å². The van der Waals surface area contributed by atoms with Gasteiger partial charge in [0.15, 0.2) is 0 Å². The molecule has 5 fully saturated rings. The van der Waals surface area contributed by atoms with E-state index in [1.54, 1.807) is 9.80 Å². The van der Waals surface area contributed by atoms with Crippen LogP contribution in [0, 0.1) is 17.8 Å². The van der Waals surface area contributed by atoms with Crippen LogP contribution < -0.4 is 5.32 Å². The molecule has 0 bridgehead atoms. The Hall–Kier alpha value is -2.97. The number of likely N-dealkylation sites (tertiary alicyclic amines) is 1. The predicted octanol–water partition coefficient (Wildman–Crippen LogP) is 2.72. The first-order valence-electron chi connectivity index (χ1n) is 16.0. The molecule has 5 aliphatic rings. The van der Waals surface area contributed by atoms with Crippen molar-refractivity contribution in [3.8, 4) is 0 Å². The summed E-state index contributed by atoms with van der Waals surface area (Å²) in [5, 5.41) is 3.07. The highest BCUT2D eigenvalue weighted by atomic mass is 32.1. The van der Waals surface area contributed by atoms with E-state index in [1.807, 2.05) is 11.8 Å². The number of rotatable bonds is 6. The summed E-state index contributed by atoms with van der Waals surface area (Å²) in [7, 11) is -5.76. The number of carbonyl (C=O) groups is 4. The highest BCUT2D eigenvalue weighted by Crippen LogP contribution is 2.59. The number of halogens is 2. The van der Waals surface area contributed by atoms with Gasteiger partial charge in [-0.05, 0) is 74.4 Å². The van der Waals surface area contributed by atoms with E-state index in [1.165, 1.54) is 12.1 Å². The van der Waals surface area contributed by atoms with Crippen molar-refractivity contribution in [1.82, 2.24) is 20.0 Å². The maximum atomic E-state index is 14.3. The molecule has 4 amide bonds.